The predicted molar refractivity (Wildman–Crippen MR) is 71.9 cm³/mol. The number of nitrogens with zero attached hydrogens (tertiary/aromatic N) is 1. The van der Waals surface area contributed by atoms with Gasteiger partial charge < -0.3 is 9.73 Å². The van der Waals surface area contributed by atoms with Gasteiger partial charge in [0.05, 0.1) is 12.8 Å². The third-order valence-electron chi connectivity index (χ3n) is 3.70. The van der Waals surface area contributed by atoms with Gasteiger partial charge in [0, 0.05) is 0 Å². The summed E-state index contributed by atoms with van der Waals surface area (Å²) in [6, 6.07) is 4.90. The molecular weight excluding hydrogens is 332 g/mol. The highest BCUT2D eigenvalue weighted by molar-refractivity contribution is 6.08. The number of carbonyl (C=O) groups excluding carboxylic acids is 2. The van der Waals surface area contributed by atoms with E-state index in [0.717, 1.165) is 24.3 Å². The van der Waals surface area contributed by atoms with E-state index in [4.69, 9.17) is 4.42 Å². The van der Waals surface area contributed by atoms with E-state index in [1.54, 1.807) is 5.32 Å². The standard InChI is InChI=1S/C15H10F4N2O3/c16-10-5-3-9(4-6-10)14(15(17,18)19)12(22)21(13(23)20-14)8-11-2-1-7-24-11/h1-7H,8H2,(H,20,23)/t14-/m0/s1. The number of urea groups is 1. The lowest BCUT2D eigenvalue weighted by Gasteiger charge is -2.29. The number of nitrogens with one attached hydrogen (secondary N) is 1. The normalized spacial score (nSPS) is 21.2. The fourth-order valence-electron chi connectivity index (χ4n) is 2.53. The van der Waals surface area contributed by atoms with Crippen molar-refractivity contribution in [2.24, 2.45) is 0 Å². The molecule has 1 aromatic carbocycles. The Bertz CT molecular complexity index is 771. The number of hydrogen-bond donors (Lipinski definition) is 1. The van der Waals surface area contributed by atoms with Gasteiger partial charge in [-0.3, -0.25) is 9.69 Å². The molecule has 0 saturated carbocycles. The lowest BCUT2D eigenvalue weighted by molar-refractivity contribution is -0.198. The van der Waals surface area contributed by atoms with Crippen LogP contribution >= 0.6 is 0 Å². The summed E-state index contributed by atoms with van der Waals surface area (Å²) in [4.78, 5) is 24.9. The number of carbonyl (C=O) groups is 2. The molecule has 0 bridgehead atoms. The Hall–Kier alpha value is -2.84. The van der Waals surface area contributed by atoms with Crippen LogP contribution in [0.15, 0.2) is 47.1 Å². The highest BCUT2D eigenvalue weighted by atomic mass is 19.4. The third-order valence-corrected chi connectivity index (χ3v) is 3.70. The fraction of sp³-hybridized carbons (Fsp3) is 0.200. The summed E-state index contributed by atoms with van der Waals surface area (Å²) < 4.78 is 59.1. The maximum absolute atomic E-state index is 13.7. The van der Waals surface area contributed by atoms with Crippen LogP contribution in [0.3, 0.4) is 0 Å². The second-order valence-electron chi connectivity index (χ2n) is 5.16. The summed E-state index contributed by atoms with van der Waals surface area (Å²) in [6.45, 7) is -0.448. The van der Waals surface area contributed by atoms with Crippen LogP contribution in [0.25, 0.3) is 0 Å². The maximum Gasteiger partial charge on any atom is 0.425 e. The average molecular weight is 342 g/mol. The van der Waals surface area contributed by atoms with E-state index >= 15 is 0 Å². The average Bonchev–Trinajstić information content (AvgIpc) is 3.10. The molecule has 1 N–H and O–H groups in total. The molecule has 2 heterocycles. The molecule has 1 saturated heterocycles. The summed E-state index contributed by atoms with van der Waals surface area (Å²) in [7, 11) is 0. The summed E-state index contributed by atoms with van der Waals surface area (Å²) in [5.74, 6) is -2.11. The number of benzene rings is 1. The first kappa shape index (κ1) is 16.0. The van der Waals surface area contributed by atoms with Gasteiger partial charge in [0.1, 0.15) is 11.6 Å². The molecule has 1 fully saturated rings. The largest absolute Gasteiger partial charge is 0.467 e. The van der Waals surface area contributed by atoms with E-state index < -0.39 is 41.6 Å². The second kappa shape index (κ2) is 5.36. The monoisotopic (exact) mass is 342 g/mol. The highest BCUT2D eigenvalue weighted by Gasteiger charge is 2.68. The van der Waals surface area contributed by atoms with Gasteiger partial charge in [0.25, 0.3) is 5.91 Å². The minimum Gasteiger partial charge on any atom is -0.467 e. The van der Waals surface area contributed by atoms with Crippen molar-refractivity contribution < 1.29 is 31.6 Å². The molecule has 2 aromatic rings. The number of furan rings is 1. The van der Waals surface area contributed by atoms with Gasteiger partial charge in [-0.1, -0.05) is 12.1 Å². The van der Waals surface area contributed by atoms with Crippen molar-refractivity contribution in [2.75, 3.05) is 0 Å². The SMILES string of the molecule is O=C1N[C@](c2ccc(F)cc2)(C(F)(F)F)C(=O)N1Cc1ccco1. The Morgan fingerprint density at radius 2 is 1.79 bits per heavy atom. The van der Waals surface area contributed by atoms with Crippen LogP contribution in [0.4, 0.5) is 22.4 Å². The van der Waals surface area contributed by atoms with Crippen molar-refractivity contribution in [1.82, 2.24) is 10.2 Å². The van der Waals surface area contributed by atoms with Crippen molar-refractivity contribution >= 4 is 11.9 Å². The number of hydrogen-bond acceptors (Lipinski definition) is 3. The van der Waals surface area contributed by atoms with Crippen LogP contribution < -0.4 is 5.32 Å². The summed E-state index contributed by atoms with van der Waals surface area (Å²) in [5.41, 5.74) is -3.83. The Morgan fingerprint density at radius 3 is 2.33 bits per heavy atom. The molecule has 3 amide bonds. The number of rotatable bonds is 3. The molecular formula is C15H10F4N2O3. The molecule has 9 heteroatoms. The molecule has 1 atom stereocenters. The number of amides is 3. The topological polar surface area (TPSA) is 62.6 Å². The van der Waals surface area contributed by atoms with Gasteiger partial charge in [-0.25, -0.2) is 9.18 Å². The first-order valence-electron chi connectivity index (χ1n) is 6.75. The third kappa shape index (κ3) is 2.32. The lowest BCUT2D eigenvalue weighted by atomic mass is 9.89. The van der Waals surface area contributed by atoms with Crippen LogP contribution in [0.1, 0.15) is 11.3 Å². The zero-order valence-electron chi connectivity index (χ0n) is 11.9. The second-order valence-corrected chi connectivity index (χ2v) is 5.16. The zero-order chi connectivity index (χ0) is 17.5. The minimum atomic E-state index is -5.12. The molecule has 5 nitrogen and oxygen atoms in total. The first-order chi connectivity index (χ1) is 11.3. The van der Waals surface area contributed by atoms with E-state index in [2.05, 4.69) is 0 Å². The molecule has 1 aromatic heterocycles. The van der Waals surface area contributed by atoms with Gasteiger partial charge in [0.15, 0.2) is 0 Å². The molecule has 126 valence electrons. The van der Waals surface area contributed by atoms with Crippen molar-refractivity contribution in [3.05, 3.63) is 59.8 Å². The fourth-order valence-corrected chi connectivity index (χ4v) is 2.53. The Morgan fingerprint density at radius 1 is 1.12 bits per heavy atom. The summed E-state index contributed by atoms with van der Waals surface area (Å²) >= 11 is 0. The van der Waals surface area contributed by atoms with Gasteiger partial charge >= 0.3 is 12.2 Å². The summed E-state index contributed by atoms with van der Waals surface area (Å²) in [6.07, 6.45) is -3.85. The lowest BCUT2D eigenvalue weighted by Crippen LogP contribution is -2.55. The van der Waals surface area contributed by atoms with Crippen molar-refractivity contribution in [3.63, 3.8) is 0 Å². The van der Waals surface area contributed by atoms with Gasteiger partial charge in [0.2, 0.25) is 5.54 Å². The predicted octanol–water partition coefficient (Wildman–Crippen LogP) is 2.93. The van der Waals surface area contributed by atoms with Gasteiger partial charge in [-0.15, -0.1) is 0 Å². The maximum atomic E-state index is 13.7. The summed E-state index contributed by atoms with van der Waals surface area (Å²) in [5, 5.41) is 1.70. The zero-order valence-corrected chi connectivity index (χ0v) is 11.9. The van der Waals surface area contributed by atoms with E-state index in [0.29, 0.717) is 4.90 Å². The highest BCUT2D eigenvalue weighted by Crippen LogP contribution is 2.43. The van der Waals surface area contributed by atoms with E-state index in [1.165, 1.54) is 18.4 Å². The number of halogens is 4. The first-order valence-corrected chi connectivity index (χ1v) is 6.75. The van der Waals surface area contributed by atoms with Crippen molar-refractivity contribution in [1.29, 1.82) is 0 Å². The van der Waals surface area contributed by atoms with Crippen molar-refractivity contribution in [2.45, 2.75) is 18.3 Å². The van der Waals surface area contributed by atoms with Gasteiger partial charge in [-0.05, 0) is 29.8 Å². The Balaban J connectivity index is 2.05. The van der Waals surface area contributed by atoms with Gasteiger partial charge in [-0.2, -0.15) is 13.2 Å². The Labute approximate surface area is 132 Å². The molecule has 0 spiro atoms. The van der Waals surface area contributed by atoms with E-state index in [-0.39, 0.29) is 5.76 Å². The van der Waals surface area contributed by atoms with E-state index in [1.807, 2.05) is 0 Å². The minimum absolute atomic E-state index is 0.149. The van der Waals surface area contributed by atoms with Crippen LogP contribution in [0.2, 0.25) is 0 Å². The van der Waals surface area contributed by atoms with Crippen LogP contribution in [0.5, 0.6) is 0 Å². The van der Waals surface area contributed by atoms with Crippen molar-refractivity contribution in [3.8, 4) is 0 Å². The molecule has 1 aliphatic heterocycles. The van der Waals surface area contributed by atoms with Crippen LogP contribution in [-0.2, 0) is 16.9 Å². The van der Waals surface area contributed by atoms with E-state index in [9.17, 15) is 27.2 Å². The Kier molecular flexibility index (Phi) is 3.58. The molecule has 24 heavy (non-hydrogen) atoms. The smallest absolute Gasteiger partial charge is 0.425 e. The molecule has 0 radical (unpaired) electrons. The molecule has 0 aliphatic carbocycles. The molecule has 0 unspecified atom stereocenters. The van der Waals surface area contributed by atoms with Crippen LogP contribution in [0, 0.1) is 5.82 Å². The molecule has 3 rings (SSSR count). The number of imide groups is 1. The van der Waals surface area contributed by atoms with Crippen LogP contribution in [-0.4, -0.2) is 23.0 Å². The number of alkyl halides is 3. The quantitative estimate of drug-likeness (QED) is 0.689. The molecule has 1 aliphatic rings.